The number of phenols is 1. The summed E-state index contributed by atoms with van der Waals surface area (Å²) in [7, 11) is 1.36. The van der Waals surface area contributed by atoms with Crippen molar-refractivity contribution >= 4 is 11.6 Å². The van der Waals surface area contributed by atoms with Gasteiger partial charge in [0.15, 0.2) is 11.5 Å². The van der Waals surface area contributed by atoms with Gasteiger partial charge in [-0.15, -0.1) is 0 Å². The minimum Gasteiger partial charge on any atom is -0.504 e. The summed E-state index contributed by atoms with van der Waals surface area (Å²) >= 11 is 0. The van der Waals surface area contributed by atoms with Gasteiger partial charge in [-0.3, -0.25) is 4.79 Å². The van der Waals surface area contributed by atoms with Gasteiger partial charge in [-0.1, -0.05) is 5.11 Å². The molecule has 0 aromatic heterocycles. The molecule has 1 rings (SSSR count). The van der Waals surface area contributed by atoms with Crippen LogP contribution in [0.4, 0.5) is 5.69 Å². The van der Waals surface area contributed by atoms with Crippen molar-refractivity contribution in [2.45, 2.75) is 13.8 Å². The van der Waals surface area contributed by atoms with Gasteiger partial charge in [-0.2, -0.15) is 0 Å². The number of rotatable bonds is 5. The van der Waals surface area contributed by atoms with Crippen LogP contribution >= 0.6 is 0 Å². The van der Waals surface area contributed by atoms with Crippen molar-refractivity contribution in [3.63, 3.8) is 0 Å². The molecule has 19 heavy (non-hydrogen) atoms. The van der Waals surface area contributed by atoms with Gasteiger partial charge in [-0.25, -0.2) is 0 Å². The molecular weight excluding hydrogens is 248 g/mol. The molecule has 102 valence electrons. The number of azide groups is 1. The van der Waals surface area contributed by atoms with Crippen molar-refractivity contribution < 1.29 is 14.6 Å². The number of carbonyl (C=O) groups is 1. The van der Waals surface area contributed by atoms with Crippen LogP contribution in [-0.2, 0) is 0 Å². The van der Waals surface area contributed by atoms with Gasteiger partial charge in [-0.05, 0) is 31.5 Å². The Balaban J connectivity index is 3.32. The number of nitrogens with zero attached hydrogens (tertiary/aromatic N) is 4. The van der Waals surface area contributed by atoms with E-state index in [1.165, 1.54) is 19.2 Å². The van der Waals surface area contributed by atoms with E-state index in [0.717, 1.165) is 0 Å². The largest absolute Gasteiger partial charge is 0.504 e. The number of benzene rings is 1. The van der Waals surface area contributed by atoms with Crippen molar-refractivity contribution in [1.29, 1.82) is 0 Å². The van der Waals surface area contributed by atoms with Gasteiger partial charge in [0.1, 0.15) is 0 Å². The molecule has 0 radical (unpaired) electrons. The molecule has 0 aliphatic carbocycles. The summed E-state index contributed by atoms with van der Waals surface area (Å²) in [5.41, 5.74) is 8.73. The third-order valence-electron chi connectivity index (χ3n) is 2.72. The van der Waals surface area contributed by atoms with Crippen LogP contribution in [0.25, 0.3) is 10.4 Å². The van der Waals surface area contributed by atoms with Crippen LogP contribution in [0.15, 0.2) is 17.2 Å². The van der Waals surface area contributed by atoms with Crippen LogP contribution in [0.3, 0.4) is 0 Å². The predicted molar refractivity (Wildman–Crippen MR) is 70.7 cm³/mol. The number of hydrogen-bond donors (Lipinski definition) is 1. The summed E-state index contributed by atoms with van der Waals surface area (Å²) in [6.07, 6.45) is 0. The van der Waals surface area contributed by atoms with E-state index in [-0.39, 0.29) is 23.1 Å². The molecule has 0 atom stereocenters. The Kier molecular flexibility index (Phi) is 5.02. The molecule has 0 saturated carbocycles. The molecule has 1 aromatic carbocycles. The molecule has 7 heteroatoms. The molecule has 0 bridgehead atoms. The minimum atomic E-state index is -0.281. The molecule has 1 amide bonds. The van der Waals surface area contributed by atoms with Crippen LogP contribution in [0.2, 0.25) is 0 Å². The molecule has 0 aliphatic heterocycles. The Morgan fingerprint density at radius 1 is 1.47 bits per heavy atom. The van der Waals surface area contributed by atoms with Crippen LogP contribution in [0.5, 0.6) is 11.5 Å². The number of carbonyl (C=O) groups excluding carboxylic acids is 1. The first-order valence-electron chi connectivity index (χ1n) is 5.84. The van der Waals surface area contributed by atoms with Crippen molar-refractivity contribution in [2.75, 3.05) is 20.2 Å². The van der Waals surface area contributed by atoms with E-state index in [1.54, 1.807) is 4.90 Å². The van der Waals surface area contributed by atoms with Crippen LogP contribution < -0.4 is 4.74 Å². The first kappa shape index (κ1) is 14.7. The zero-order chi connectivity index (χ0) is 14.4. The zero-order valence-electron chi connectivity index (χ0n) is 11.1. The van der Waals surface area contributed by atoms with Crippen molar-refractivity contribution in [3.8, 4) is 11.5 Å². The standard InChI is InChI=1S/C12H16N4O3/c1-4-16(5-2)12(18)8-6-9(14-15-13)11(17)10(7-8)19-3/h6-7,17H,4-5H2,1-3H3. The highest BCUT2D eigenvalue weighted by Crippen LogP contribution is 2.37. The second-order valence-electron chi connectivity index (χ2n) is 3.71. The Hall–Kier alpha value is -2.40. The number of hydrogen-bond acceptors (Lipinski definition) is 4. The fourth-order valence-corrected chi connectivity index (χ4v) is 1.69. The zero-order valence-corrected chi connectivity index (χ0v) is 11.1. The molecule has 0 unspecified atom stereocenters. The first-order chi connectivity index (χ1) is 9.08. The van der Waals surface area contributed by atoms with E-state index in [0.29, 0.717) is 18.7 Å². The SMILES string of the molecule is CCN(CC)C(=O)c1cc(N=[N+]=[N-])c(O)c(OC)c1. The maximum absolute atomic E-state index is 12.2. The summed E-state index contributed by atoms with van der Waals surface area (Å²) in [4.78, 5) is 16.4. The molecule has 0 spiro atoms. The van der Waals surface area contributed by atoms with E-state index in [4.69, 9.17) is 10.3 Å². The minimum absolute atomic E-state index is 0.0302. The fourth-order valence-electron chi connectivity index (χ4n) is 1.69. The van der Waals surface area contributed by atoms with Gasteiger partial charge < -0.3 is 14.7 Å². The van der Waals surface area contributed by atoms with Crippen molar-refractivity contribution in [1.82, 2.24) is 4.90 Å². The molecule has 0 saturated heterocycles. The lowest BCUT2D eigenvalue weighted by molar-refractivity contribution is 0.0772. The van der Waals surface area contributed by atoms with Gasteiger partial charge in [0.05, 0.1) is 12.8 Å². The molecule has 1 N–H and O–H groups in total. The van der Waals surface area contributed by atoms with E-state index < -0.39 is 0 Å². The normalized spacial score (nSPS) is 9.63. The van der Waals surface area contributed by atoms with E-state index in [9.17, 15) is 9.90 Å². The lowest BCUT2D eigenvalue weighted by Crippen LogP contribution is -2.30. The highest BCUT2D eigenvalue weighted by atomic mass is 16.5. The number of phenolic OH excluding ortho intramolecular Hbond substituents is 1. The smallest absolute Gasteiger partial charge is 0.253 e. The van der Waals surface area contributed by atoms with Gasteiger partial charge in [0.2, 0.25) is 0 Å². The number of ether oxygens (including phenoxy) is 1. The Morgan fingerprint density at radius 2 is 2.11 bits per heavy atom. The highest BCUT2D eigenvalue weighted by Gasteiger charge is 2.17. The Bertz CT molecular complexity index is 520. The lowest BCUT2D eigenvalue weighted by Gasteiger charge is -2.19. The number of methoxy groups -OCH3 is 1. The lowest BCUT2D eigenvalue weighted by atomic mass is 10.1. The van der Waals surface area contributed by atoms with Gasteiger partial charge in [0.25, 0.3) is 5.91 Å². The second kappa shape index (κ2) is 6.51. The van der Waals surface area contributed by atoms with Crippen LogP contribution in [0.1, 0.15) is 24.2 Å². The fraction of sp³-hybridized carbons (Fsp3) is 0.417. The molecular formula is C12H16N4O3. The van der Waals surface area contributed by atoms with E-state index in [2.05, 4.69) is 10.0 Å². The maximum Gasteiger partial charge on any atom is 0.253 e. The number of aromatic hydroxyl groups is 1. The summed E-state index contributed by atoms with van der Waals surface area (Å²) in [6, 6.07) is 2.77. The molecule has 0 fully saturated rings. The van der Waals surface area contributed by atoms with E-state index >= 15 is 0 Å². The average Bonchev–Trinajstić information content (AvgIpc) is 2.42. The quantitative estimate of drug-likeness (QED) is 0.502. The van der Waals surface area contributed by atoms with Gasteiger partial charge >= 0.3 is 0 Å². The first-order valence-corrected chi connectivity index (χ1v) is 5.84. The summed E-state index contributed by atoms with van der Waals surface area (Å²) in [5.74, 6) is -0.394. The van der Waals surface area contributed by atoms with Gasteiger partial charge in [0, 0.05) is 23.6 Å². The van der Waals surface area contributed by atoms with Crippen LogP contribution in [-0.4, -0.2) is 36.1 Å². The summed E-state index contributed by atoms with van der Waals surface area (Å²) < 4.78 is 4.97. The van der Waals surface area contributed by atoms with Crippen LogP contribution in [0, 0.1) is 0 Å². The Labute approximate surface area is 111 Å². The topological polar surface area (TPSA) is 98.5 Å². The molecule has 1 aromatic rings. The third-order valence-corrected chi connectivity index (χ3v) is 2.72. The third kappa shape index (κ3) is 3.08. The van der Waals surface area contributed by atoms with E-state index in [1.807, 2.05) is 13.8 Å². The Morgan fingerprint density at radius 3 is 2.58 bits per heavy atom. The van der Waals surface area contributed by atoms with Crippen molar-refractivity contribution in [3.05, 3.63) is 28.1 Å². The maximum atomic E-state index is 12.2. The summed E-state index contributed by atoms with van der Waals surface area (Å²) in [5, 5.41) is 13.1. The second-order valence-corrected chi connectivity index (χ2v) is 3.71. The number of amides is 1. The molecule has 0 heterocycles. The monoisotopic (exact) mass is 264 g/mol. The highest BCUT2D eigenvalue weighted by molar-refractivity contribution is 5.96. The average molecular weight is 264 g/mol. The molecule has 0 aliphatic rings. The predicted octanol–water partition coefficient (Wildman–Crippen LogP) is 2.82. The van der Waals surface area contributed by atoms with Crippen molar-refractivity contribution in [2.24, 2.45) is 5.11 Å². The summed E-state index contributed by atoms with van der Waals surface area (Å²) in [6.45, 7) is 4.87. The molecule has 7 nitrogen and oxygen atoms in total.